The van der Waals surface area contributed by atoms with Crippen molar-refractivity contribution in [2.75, 3.05) is 0 Å². The number of para-hydroxylation sites is 2. The normalized spacial score (nSPS) is 23.3. The van der Waals surface area contributed by atoms with Crippen LogP contribution in [-0.2, 0) is 6.42 Å². The van der Waals surface area contributed by atoms with Gasteiger partial charge in [-0.3, -0.25) is 0 Å². The van der Waals surface area contributed by atoms with Crippen LogP contribution in [0.3, 0.4) is 0 Å². The molecule has 2 aromatic rings. The van der Waals surface area contributed by atoms with Crippen LogP contribution >= 0.6 is 0 Å². The predicted molar refractivity (Wildman–Crippen MR) is 85.0 cm³/mol. The number of aryl methyl sites for hydroxylation is 1. The molecule has 20 heavy (non-hydrogen) atoms. The first kappa shape index (κ1) is 13.7. The predicted octanol–water partition coefficient (Wildman–Crippen LogP) is 5.13. The molecular formula is C18H26N2. The molecule has 1 aromatic carbocycles. The van der Waals surface area contributed by atoms with Crippen LogP contribution in [0.1, 0.15) is 64.2 Å². The number of hydrogen-bond donors (Lipinski definition) is 0. The van der Waals surface area contributed by atoms with E-state index in [1.807, 2.05) is 0 Å². The Bertz CT molecular complexity index is 562. The third-order valence-electron chi connectivity index (χ3n) is 4.90. The fourth-order valence-electron chi connectivity index (χ4n) is 3.71. The van der Waals surface area contributed by atoms with E-state index in [0.29, 0.717) is 6.04 Å². The molecule has 0 bridgehead atoms. The second-order valence-corrected chi connectivity index (χ2v) is 6.22. The Morgan fingerprint density at radius 3 is 2.55 bits per heavy atom. The highest BCUT2D eigenvalue weighted by atomic mass is 15.1. The van der Waals surface area contributed by atoms with Gasteiger partial charge in [-0.05, 0) is 50.2 Å². The van der Waals surface area contributed by atoms with Crippen molar-refractivity contribution in [1.82, 2.24) is 9.55 Å². The average Bonchev–Trinajstić information content (AvgIpc) is 2.86. The maximum absolute atomic E-state index is 4.88. The first-order chi connectivity index (χ1) is 9.83. The Balaban J connectivity index is 1.94. The second kappa shape index (κ2) is 5.99. The van der Waals surface area contributed by atoms with E-state index in [2.05, 4.69) is 42.7 Å². The molecule has 1 fully saturated rings. The van der Waals surface area contributed by atoms with Crippen molar-refractivity contribution in [2.45, 2.75) is 64.8 Å². The van der Waals surface area contributed by atoms with E-state index in [0.717, 1.165) is 12.3 Å². The summed E-state index contributed by atoms with van der Waals surface area (Å²) in [4.78, 5) is 4.88. The zero-order valence-electron chi connectivity index (χ0n) is 12.8. The molecule has 1 aromatic heterocycles. The van der Waals surface area contributed by atoms with Crippen LogP contribution in [0.5, 0.6) is 0 Å². The van der Waals surface area contributed by atoms with Crippen LogP contribution in [0.4, 0.5) is 0 Å². The molecule has 2 heteroatoms. The number of benzene rings is 1. The molecule has 1 saturated carbocycles. The molecule has 1 heterocycles. The van der Waals surface area contributed by atoms with E-state index < -0.39 is 0 Å². The molecule has 1 aliphatic rings. The monoisotopic (exact) mass is 270 g/mol. The fourth-order valence-corrected chi connectivity index (χ4v) is 3.71. The molecule has 0 saturated heterocycles. The molecule has 2 nitrogen and oxygen atoms in total. The van der Waals surface area contributed by atoms with Crippen LogP contribution in [-0.4, -0.2) is 9.55 Å². The maximum Gasteiger partial charge on any atom is 0.110 e. The highest BCUT2D eigenvalue weighted by Crippen LogP contribution is 2.36. The minimum Gasteiger partial charge on any atom is -0.325 e. The van der Waals surface area contributed by atoms with Gasteiger partial charge < -0.3 is 4.57 Å². The largest absolute Gasteiger partial charge is 0.325 e. The third kappa shape index (κ3) is 2.48. The summed E-state index contributed by atoms with van der Waals surface area (Å²) in [5.74, 6) is 2.25. The van der Waals surface area contributed by atoms with Crippen molar-refractivity contribution in [2.24, 2.45) is 5.92 Å². The average molecular weight is 270 g/mol. The Morgan fingerprint density at radius 2 is 1.85 bits per heavy atom. The zero-order valence-corrected chi connectivity index (χ0v) is 12.8. The second-order valence-electron chi connectivity index (χ2n) is 6.22. The summed E-state index contributed by atoms with van der Waals surface area (Å²) in [6, 6.07) is 9.32. The van der Waals surface area contributed by atoms with Crippen molar-refractivity contribution in [1.29, 1.82) is 0 Å². The van der Waals surface area contributed by atoms with Gasteiger partial charge in [0.15, 0.2) is 0 Å². The van der Waals surface area contributed by atoms with Crippen molar-refractivity contribution >= 4 is 11.0 Å². The lowest BCUT2D eigenvalue weighted by atomic mass is 9.84. The number of imidazole rings is 1. The van der Waals surface area contributed by atoms with Crippen molar-refractivity contribution < 1.29 is 0 Å². The maximum atomic E-state index is 4.88. The van der Waals surface area contributed by atoms with Gasteiger partial charge in [0.05, 0.1) is 11.0 Å². The van der Waals surface area contributed by atoms with Crippen LogP contribution in [0.2, 0.25) is 0 Å². The van der Waals surface area contributed by atoms with Gasteiger partial charge in [0.1, 0.15) is 5.82 Å². The minimum absolute atomic E-state index is 0.673. The van der Waals surface area contributed by atoms with Crippen LogP contribution in [0.15, 0.2) is 24.3 Å². The quantitative estimate of drug-likeness (QED) is 0.753. The van der Waals surface area contributed by atoms with Crippen molar-refractivity contribution in [3.8, 4) is 0 Å². The lowest BCUT2D eigenvalue weighted by Gasteiger charge is -2.30. The van der Waals surface area contributed by atoms with E-state index in [4.69, 9.17) is 4.98 Å². The SMILES string of the molecule is CCCc1nc2ccccc2n1C1CCC(CC)CC1. The Hall–Kier alpha value is -1.31. The van der Waals surface area contributed by atoms with E-state index in [1.54, 1.807) is 0 Å². The molecular weight excluding hydrogens is 244 g/mol. The summed E-state index contributed by atoms with van der Waals surface area (Å²) in [6.07, 6.45) is 9.05. The molecule has 0 amide bonds. The summed E-state index contributed by atoms with van der Waals surface area (Å²) in [5.41, 5.74) is 2.52. The molecule has 0 radical (unpaired) electrons. The molecule has 0 N–H and O–H groups in total. The molecule has 0 aliphatic heterocycles. The van der Waals surface area contributed by atoms with Crippen LogP contribution in [0, 0.1) is 5.92 Å². The smallest absolute Gasteiger partial charge is 0.110 e. The Kier molecular flexibility index (Phi) is 4.09. The summed E-state index contributed by atoms with van der Waals surface area (Å²) in [5, 5.41) is 0. The van der Waals surface area contributed by atoms with Gasteiger partial charge in [-0.2, -0.15) is 0 Å². The van der Waals surface area contributed by atoms with Gasteiger partial charge in [-0.25, -0.2) is 4.98 Å². The summed E-state index contributed by atoms with van der Waals surface area (Å²) in [7, 11) is 0. The molecule has 0 atom stereocenters. The highest BCUT2D eigenvalue weighted by molar-refractivity contribution is 5.76. The molecule has 0 spiro atoms. The lowest BCUT2D eigenvalue weighted by molar-refractivity contribution is 0.269. The number of hydrogen-bond acceptors (Lipinski definition) is 1. The van der Waals surface area contributed by atoms with Crippen LogP contribution in [0.25, 0.3) is 11.0 Å². The minimum atomic E-state index is 0.673. The van der Waals surface area contributed by atoms with Gasteiger partial charge in [0.25, 0.3) is 0 Å². The van der Waals surface area contributed by atoms with Gasteiger partial charge >= 0.3 is 0 Å². The van der Waals surface area contributed by atoms with Gasteiger partial charge in [0.2, 0.25) is 0 Å². The van der Waals surface area contributed by atoms with Gasteiger partial charge in [-0.1, -0.05) is 32.4 Å². The Morgan fingerprint density at radius 1 is 1.10 bits per heavy atom. The number of fused-ring (bicyclic) bond motifs is 1. The summed E-state index contributed by atoms with van der Waals surface area (Å²) < 4.78 is 2.56. The zero-order chi connectivity index (χ0) is 13.9. The lowest BCUT2D eigenvalue weighted by Crippen LogP contribution is -2.19. The van der Waals surface area contributed by atoms with E-state index >= 15 is 0 Å². The van der Waals surface area contributed by atoms with E-state index in [9.17, 15) is 0 Å². The summed E-state index contributed by atoms with van der Waals surface area (Å²) >= 11 is 0. The number of nitrogens with zero attached hydrogens (tertiary/aromatic N) is 2. The Labute approximate surface area is 122 Å². The number of rotatable bonds is 4. The fraction of sp³-hybridized carbons (Fsp3) is 0.611. The third-order valence-corrected chi connectivity index (χ3v) is 4.90. The molecule has 1 aliphatic carbocycles. The van der Waals surface area contributed by atoms with Crippen LogP contribution < -0.4 is 0 Å². The van der Waals surface area contributed by atoms with Gasteiger partial charge in [0, 0.05) is 12.5 Å². The first-order valence-electron chi connectivity index (χ1n) is 8.29. The molecule has 3 rings (SSSR count). The first-order valence-corrected chi connectivity index (χ1v) is 8.29. The molecule has 108 valence electrons. The topological polar surface area (TPSA) is 17.8 Å². The highest BCUT2D eigenvalue weighted by Gasteiger charge is 2.24. The van der Waals surface area contributed by atoms with E-state index in [1.165, 1.54) is 55.4 Å². The van der Waals surface area contributed by atoms with E-state index in [-0.39, 0.29) is 0 Å². The van der Waals surface area contributed by atoms with Gasteiger partial charge in [-0.15, -0.1) is 0 Å². The van der Waals surface area contributed by atoms with Crippen molar-refractivity contribution in [3.63, 3.8) is 0 Å². The molecule has 0 unspecified atom stereocenters. The summed E-state index contributed by atoms with van der Waals surface area (Å²) in [6.45, 7) is 4.58. The number of aromatic nitrogens is 2. The van der Waals surface area contributed by atoms with Crippen molar-refractivity contribution in [3.05, 3.63) is 30.1 Å². The standard InChI is InChI=1S/C18H26N2/c1-3-7-18-19-16-8-5-6-9-17(16)20(18)15-12-10-14(4-2)11-13-15/h5-6,8-9,14-15H,3-4,7,10-13H2,1-2H3.